The van der Waals surface area contributed by atoms with E-state index in [1.807, 2.05) is 4.68 Å². The molecule has 0 radical (unpaired) electrons. The van der Waals surface area contributed by atoms with Crippen LogP contribution in [0.3, 0.4) is 0 Å². The summed E-state index contributed by atoms with van der Waals surface area (Å²) in [7, 11) is 0. The maximum absolute atomic E-state index is 12.4. The Morgan fingerprint density at radius 3 is 2.73 bits per heavy atom. The number of amides is 2. The molecule has 0 bridgehead atoms. The zero-order chi connectivity index (χ0) is 23.2. The van der Waals surface area contributed by atoms with Gasteiger partial charge in [0.25, 0.3) is 0 Å². The number of hydrogen-bond acceptors (Lipinski definition) is 5. The molecular formula is C23H31Cl2N5O3. The summed E-state index contributed by atoms with van der Waals surface area (Å²) in [4.78, 5) is 12.4. The van der Waals surface area contributed by atoms with E-state index in [1.165, 1.54) is 32.1 Å². The molecule has 3 N–H and O–H groups in total. The molecule has 2 fully saturated rings. The maximum Gasteiger partial charge on any atom is 0.319 e. The van der Waals surface area contributed by atoms with Gasteiger partial charge in [0.15, 0.2) is 0 Å². The number of aryl methyl sites for hydroxylation is 1. The molecule has 1 aromatic heterocycles. The molecule has 4 rings (SSSR count). The highest BCUT2D eigenvalue weighted by molar-refractivity contribution is 6.42. The van der Waals surface area contributed by atoms with Gasteiger partial charge in [-0.25, -0.2) is 4.79 Å². The first kappa shape index (κ1) is 24.3. The molecule has 8 nitrogen and oxygen atoms in total. The van der Waals surface area contributed by atoms with Crippen LogP contribution < -0.4 is 10.6 Å². The molecule has 2 aliphatic rings. The molecule has 2 heterocycles. The summed E-state index contributed by atoms with van der Waals surface area (Å²) in [5.74, 6) is 0.541. The van der Waals surface area contributed by atoms with E-state index in [2.05, 4.69) is 27.1 Å². The maximum atomic E-state index is 12.4. The van der Waals surface area contributed by atoms with Crippen molar-refractivity contribution in [3.63, 3.8) is 0 Å². The Bertz CT molecular complexity index is 935. The van der Waals surface area contributed by atoms with E-state index in [0.717, 1.165) is 31.5 Å². The predicted molar refractivity (Wildman–Crippen MR) is 128 cm³/mol. The van der Waals surface area contributed by atoms with E-state index in [1.54, 1.807) is 18.2 Å². The third-order valence-electron chi connectivity index (χ3n) is 6.55. The number of urea groups is 1. The lowest BCUT2D eigenvalue weighted by molar-refractivity contribution is -0.0905. The van der Waals surface area contributed by atoms with Crippen LogP contribution in [-0.4, -0.2) is 51.0 Å². The van der Waals surface area contributed by atoms with Crippen LogP contribution in [0.1, 0.15) is 63.0 Å². The van der Waals surface area contributed by atoms with Gasteiger partial charge in [0.1, 0.15) is 6.10 Å². The minimum atomic E-state index is -0.461. The Labute approximate surface area is 204 Å². The van der Waals surface area contributed by atoms with E-state index >= 15 is 0 Å². The largest absolute Gasteiger partial charge is 0.394 e. The summed E-state index contributed by atoms with van der Waals surface area (Å²) >= 11 is 11.9. The zero-order valence-corrected chi connectivity index (χ0v) is 20.1. The van der Waals surface area contributed by atoms with Gasteiger partial charge in [-0.05, 0) is 50.3 Å². The summed E-state index contributed by atoms with van der Waals surface area (Å²) in [6.45, 7) is 0.557. The number of nitrogens with zero attached hydrogens (tertiary/aromatic N) is 3. The van der Waals surface area contributed by atoms with Crippen LogP contribution >= 0.6 is 23.2 Å². The lowest BCUT2D eigenvalue weighted by atomic mass is 9.87. The van der Waals surface area contributed by atoms with Gasteiger partial charge in [0.05, 0.1) is 34.5 Å². The van der Waals surface area contributed by atoms with Gasteiger partial charge < -0.3 is 20.5 Å². The highest BCUT2D eigenvalue weighted by atomic mass is 35.5. The van der Waals surface area contributed by atoms with Crippen LogP contribution in [0.25, 0.3) is 0 Å². The van der Waals surface area contributed by atoms with Crippen LogP contribution in [0.4, 0.5) is 10.5 Å². The number of aliphatic hydroxyl groups is 1. The van der Waals surface area contributed by atoms with Gasteiger partial charge in [-0.3, -0.25) is 4.68 Å². The van der Waals surface area contributed by atoms with Gasteiger partial charge in [-0.15, -0.1) is 5.10 Å². The third-order valence-corrected chi connectivity index (χ3v) is 7.29. The van der Waals surface area contributed by atoms with Crippen molar-refractivity contribution in [1.29, 1.82) is 0 Å². The second kappa shape index (κ2) is 11.5. The van der Waals surface area contributed by atoms with Crippen molar-refractivity contribution >= 4 is 34.9 Å². The van der Waals surface area contributed by atoms with Crippen molar-refractivity contribution in [2.24, 2.45) is 0 Å². The van der Waals surface area contributed by atoms with Crippen LogP contribution in [-0.2, 0) is 11.3 Å². The second-order valence-electron chi connectivity index (χ2n) is 8.92. The number of nitrogens with one attached hydrogen (secondary N) is 2. The van der Waals surface area contributed by atoms with Crippen LogP contribution in [0, 0.1) is 0 Å². The predicted octanol–water partition coefficient (Wildman–Crippen LogP) is 4.75. The number of hydrogen-bond donors (Lipinski definition) is 3. The molecule has 3 atom stereocenters. The van der Waals surface area contributed by atoms with Gasteiger partial charge in [0.2, 0.25) is 0 Å². The molecule has 33 heavy (non-hydrogen) atoms. The lowest BCUT2D eigenvalue weighted by Gasteiger charge is -2.36. The summed E-state index contributed by atoms with van der Waals surface area (Å²) < 4.78 is 7.99. The summed E-state index contributed by atoms with van der Waals surface area (Å²) in [6, 6.07) is 4.23. The van der Waals surface area contributed by atoms with E-state index in [4.69, 9.17) is 27.9 Å². The molecule has 1 saturated carbocycles. The van der Waals surface area contributed by atoms with Crippen molar-refractivity contribution in [1.82, 2.24) is 20.3 Å². The Morgan fingerprint density at radius 2 is 1.97 bits per heavy atom. The van der Waals surface area contributed by atoms with E-state index in [0.29, 0.717) is 21.7 Å². The summed E-state index contributed by atoms with van der Waals surface area (Å²) in [6.07, 6.45) is 10.2. The number of anilines is 1. The molecule has 10 heteroatoms. The number of rotatable bonds is 7. The van der Waals surface area contributed by atoms with E-state index < -0.39 is 6.10 Å². The van der Waals surface area contributed by atoms with Crippen LogP contribution in [0.15, 0.2) is 24.4 Å². The van der Waals surface area contributed by atoms with Crippen molar-refractivity contribution in [3.8, 4) is 0 Å². The van der Waals surface area contributed by atoms with Crippen molar-refractivity contribution < 1.29 is 14.6 Å². The quantitative estimate of drug-likeness (QED) is 0.514. The number of aromatic nitrogens is 3. The number of ether oxygens (including phenoxy) is 1. The highest BCUT2D eigenvalue weighted by Crippen LogP contribution is 2.31. The Hall–Kier alpha value is -1.87. The fourth-order valence-corrected chi connectivity index (χ4v) is 5.00. The molecule has 2 aromatic rings. The fraction of sp³-hybridized carbons (Fsp3) is 0.609. The number of aliphatic hydroxyl groups excluding tert-OH is 1. The monoisotopic (exact) mass is 495 g/mol. The minimum absolute atomic E-state index is 0.000614. The number of carbonyl (C=O) groups is 1. The highest BCUT2D eigenvalue weighted by Gasteiger charge is 2.32. The standard InChI is InChI=1S/C23H31Cl2N5O3/c24-18-8-6-16(12-19(18)25)26-23(32)27-20-9-7-17(33-22(20)14-31)10-11-30-13-21(28-29-30)15-4-2-1-3-5-15/h6,8,12-13,15,17,20,22,31H,1-5,7,9-11,14H2,(H2,26,27,32)/t17-,20-,22-/m1/s1. The molecule has 180 valence electrons. The second-order valence-corrected chi connectivity index (χ2v) is 9.73. The molecule has 1 aliphatic carbocycles. The topological polar surface area (TPSA) is 101 Å². The third kappa shape index (κ3) is 6.59. The zero-order valence-electron chi connectivity index (χ0n) is 18.6. The molecule has 2 amide bonds. The summed E-state index contributed by atoms with van der Waals surface area (Å²) in [5.41, 5.74) is 1.64. The van der Waals surface area contributed by atoms with Gasteiger partial charge >= 0.3 is 6.03 Å². The van der Waals surface area contributed by atoms with Crippen molar-refractivity contribution in [2.75, 3.05) is 11.9 Å². The van der Waals surface area contributed by atoms with Crippen molar-refractivity contribution in [3.05, 3.63) is 40.1 Å². The fourth-order valence-electron chi connectivity index (χ4n) is 4.70. The first-order chi connectivity index (χ1) is 16.0. The average molecular weight is 496 g/mol. The van der Waals surface area contributed by atoms with E-state index in [-0.39, 0.29) is 24.8 Å². The molecule has 0 unspecified atom stereocenters. The summed E-state index contributed by atoms with van der Waals surface area (Å²) in [5, 5.41) is 24.9. The molecule has 1 saturated heterocycles. The lowest BCUT2D eigenvalue weighted by Crippen LogP contribution is -2.52. The Kier molecular flexibility index (Phi) is 8.46. The molecule has 1 aliphatic heterocycles. The van der Waals surface area contributed by atoms with Crippen molar-refractivity contribution in [2.45, 2.75) is 82.1 Å². The number of carbonyl (C=O) groups excluding carboxylic acids is 1. The Balaban J connectivity index is 1.24. The normalized spacial score (nSPS) is 23.9. The first-order valence-corrected chi connectivity index (χ1v) is 12.5. The minimum Gasteiger partial charge on any atom is -0.394 e. The van der Waals surface area contributed by atoms with E-state index in [9.17, 15) is 9.90 Å². The molecule has 1 aromatic carbocycles. The smallest absolute Gasteiger partial charge is 0.319 e. The number of benzene rings is 1. The van der Waals surface area contributed by atoms with Gasteiger partial charge in [-0.2, -0.15) is 0 Å². The van der Waals surface area contributed by atoms with Gasteiger partial charge in [-0.1, -0.05) is 47.7 Å². The van der Waals surface area contributed by atoms with Gasteiger partial charge in [0, 0.05) is 24.3 Å². The number of halogens is 2. The first-order valence-electron chi connectivity index (χ1n) is 11.7. The van der Waals surface area contributed by atoms with Crippen LogP contribution in [0.2, 0.25) is 10.0 Å². The van der Waals surface area contributed by atoms with Crippen LogP contribution in [0.5, 0.6) is 0 Å². The molecular weight excluding hydrogens is 465 g/mol. The Morgan fingerprint density at radius 1 is 1.15 bits per heavy atom. The molecule has 0 spiro atoms. The average Bonchev–Trinajstić information content (AvgIpc) is 3.30. The SMILES string of the molecule is O=C(Nc1ccc(Cl)c(Cl)c1)N[C@@H]1CC[C@H](CCn2cc(C3CCCCC3)nn2)O[C@@H]1CO.